The van der Waals surface area contributed by atoms with E-state index < -0.39 is 0 Å². The van der Waals surface area contributed by atoms with Gasteiger partial charge in [0, 0.05) is 0 Å². The number of hydrogen-bond acceptors (Lipinski definition) is 0. The Bertz CT molecular complexity index is 21.5. The Balaban J connectivity index is -0.0000000267. The van der Waals surface area contributed by atoms with Crippen LogP contribution in [0.2, 0.25) is 6.32 Å². The molecular weight excluding hydrogens is 118 g/mol. The van der Waals surface area contributed by atoms with E-state index in [-0.39, 0.29) is 28.3 Å². The van der Waals surface area contributed by atoms with Crippen molar-refractivity contribution in [3.63, 3.8) is 0 Å². The third kappa shape index (κ3) is 31.3. The lowest BCUT2D eigenvalue weighted by Gasteiger charge is -1.78. The summed E-state index contributed by atoms with van der Waals surface area (Å²) in [6.45, 7) is 2.21. The van der Waals surface area contributed by atoms with Gasteiger partial charge in [-0.3, -0.25) is 0 Å². The Hall–Kier alpha value is 0.517. The third-order valence-electron chi connectivity index (χ3n) is 0.707. The molecule has 0 atom stereocenters. The van der Waals surface area contributed by atoms with Gasteiger partial charge in [0.05, 0.1) is 0 Å². The largest absolute Gasteiger partial charge is 0.412 e. The summed E-state index contributed by atoms with van der Waals surface area (Å²) in [4.78, 5) is 0. The monoisotopic (exact) mass is 136 g/mol. The quantitative estimate of drug-likeness (QED) is 0.394. The lowest BCUT2D eigenvalue weighted by atomic mass is 10.0. The minimum atomic E-state index is 0. The zero-order valence-electron chi connectivity index (χ0n) is 5.12. The van der Waals surface area contributed by atoms with Gasteiger partial charge in [-0.15, -0.1) is 0 Å². The smallest absolute Gasteiger partial charge is 0.187 e. The van der Waals surface area contributed by atoms with Gasteiger partial charge < -0.3 is 11.0 Å². The summed E-state index contributed by atoms with van der Waals surface area (Å²) in [5.74, 6) is 0. The van der Waals surface area contributed by atoms with Crippen LogP contribution >= 0.6 is 0 Å². The van der Waals surface area contributed by atoms with Gasteiger partial charge in [0.1, 0.15) is 7.85 Å². The van der Waals surface area contributed by atoms with Crippen LogP contribution in [-0.2, 0) is 0 Å². The molecule has 0 aliphatic rings. The van der Waals surface area contributed by atoms with E-state index >= 15 is 0 Å². The molecule has 4 N–H and O–H groups in total. The molecule has 0 bridgehead atoms. The second-order valence-corrected chi connectivity index (χ2v) is 1.35. The first-order valence-corrected chi connectivity index (χ1v) is 2.41. The van der Waals surface area contributed by atoms with Gasteiger partial charge in [-0.2, -0.15) is 0 Å². The zero-order chi connectivity index (χ0) is 4.12. The Labute approximate surface area is 62.8 Å². The van der Waals surface area contributed by atoms with E-state index in [0.29, 0.717) is 0 Å². The molecule has 0 aromatic heterocycles. The fourth-order valence-corrected chi connectivity index (χ4v) is 0.354. The highest BCUT2D eigenvalue weighted by Crippen LogP contribution is 1.86. The van der Waals surface area contributed by atoms with Gasteiger partial charge in [-0.25, -0.2) is 0 Å². The van der Waals surface area contributed by atoms with E-state index in [2.05, 4.69) is 14.8 Å². The first-order chi connectivity index (χ1) is 2.41. The Kier molecular flexibility index (Phi) is 76.1. The third-order valence-corrected chi connectivity index (χ3v) is 0.707. The summed E-state index contributed by atoms with van der Waals surface area (Å²) in [6.07, 6.45) is 4.08. The molecule has 4 heteroatoms. The summed E-state index contributed by atoms with van der Waals surface area (Å²) in [5, 5.41) is 0. The zero-order valence-corrected chi connectivity index (χ0v) is 5.12. The summed E-state index contributed by atoms with van der Waals surface area (Å²) in [7, 11) is 2.21. The van der Waals surface area contributed by atoms with Gasteiger partial charge in [0.25, 0.3) is 0 Å². The van der Waals surface area contributed by atoms with Gasteiger partial charge in [0.15, 0.2) is 17.4 Å². The van der Waals surface area contributed by atoms with Crippen LogP contribution in [0, 0.1) is 0 Å². The molecule has 0 fully saturated rings. The molecule has 0 amide bonds. The normalized spacial score (nSPS) is 5.12. The highest BCUT2D eigenvalue weighted by molar-refractivity contribution is 6.08. The highest BCUT2D eigenvalue weighted by Gasteiger charge is 1.68. The fourth-order valence-electron chi connectivity index (χ4n) is 0.354. The van der Waals surface area contributed by atoms with Crippen molar-refractivity contribution in [2.45, 2.75) is 26.1 Å². The maximum Gasteiger partial charge on any atom is 0.187 e. The van der Waals surface area contributed by atoms with E-state index in [1.54, 1.807) is 0 Å². The molecule has 0 heterocycles. The maximum absolute atomic E-state index is 2.21. The molecule has 8 heavy (non-hydrogen) atoms. The topological polar surface area (TPSA) is 63.0 Å². The summed E-state index contributed by atoms with van der Waals surface area (Å²) < 4.78 is 0. The Morgan fingerprint density at radius 2 is 1.62 bits per heavy atom. The first kappa shape index (κ1) is 23.6. The Morgan fingerprint density at radius 1 is 1.25 bits per heavy atom. The van der Waals surface area contributed by atoms with Crippen molar-refractivity contribution in [3.05, 3.63) is 0 Å². The molecule has 0 aliphatic carbocycles. The van der Waals surface area contributed by atoms with Crippen LogP contribution < -0.4 is 0 Å². The Morgan fingerprint density at radius 3 is 1.62 bits per heavy atom. The minimum Gasteiger partial charge on any atom is -0.412 e. The van der Waals surface area contributed by atoms with Gasteiger partial charge in [-0.05, 0) is 0 Å². The number of rotatable bonds is 2. The highest BCUT2D eigenvalue weighted by atomic mass is 27.0. The van der Waals surface area contributed by atoms with Crippen LogP contribution in [-0.4, -0.2) is 36.2 Å². The van der Waals surface area contributed by atoms with Crippen LogP contribution in [0.15, 0.2) is 0 Å². The van der Waals surface area contributed by atoms with Gasteiger partial charge in [-0.1, -0.05) is 26.1 Å². The first-order valence-electron chi connectivity index (χ1n) is 2.41. The van der Waals surface area contributed by atoms with Crippen molar-refractivity contribution in [2.24, 2.45) is 0 Å². The van der Waals surface area contributed by atoms with Crippen molar-refractivity contribution in [3.8, 4) is 0 Å². The molecule has 0 aromatic carbocycles. The molecule has 0 aliphatic heterocycles. The molecule has 0 radical (unpaired) electrons. The van der Waals surface area contributed by atoms with Crippen molar-refractivity contribution in [2.75, 3.05) is 0 Å². The van der Waals surface area contributed by atoms with Crippen molar-refractivity contribution in [1.82, 2.24) is 0 Å². The van der Waals surface area contributed by atoms with Crippen molar-refractivity contribution >= 4 is 25.2 Å². The average Bonchev–Trinajstić information content (AvgIpc) is 1.41. The molecule has 52 valence electrons. The summed E-state index contributed by atoms with van der Waals surface area (Å²) in [6, 6.07) is 0. The van der Waals surface area contributed by atoms with Crippen molar-refractivity contribution in [1.29, 1.82) is 0 Å². The summed E-state index contributed by atoms with van der Waals surface area (Å²) in [5.41, 5.74) is 0. The number of hydrogen-bond donors (Lipinski definition) is 0. The molecule has 0 aromatic rings. The molecule has 0 saturated carbocycles. The molecule has 2 nitrogen and oxygen atoms in total. The molecule has 0 unspecified atom stereocenters. The van der Waals surface area contributed by atoms with Crippen LogP contribution in [0.25, 0.3) is 0 Å². The van der Waals surface area contributed by atoms with Crippen LogP contribution in [0.3, 0.4) is 0 Å². The van der Waals surface area contributed by atoms with E-state index in [1.165, 1.54) is 19.2 Å². The van der Waals surface area contributed by atoms with Gasteiger partial charge in [0.2, 0.25) is 0 Å². The molecule has 0 rings (SSSR count). The van der Waals surface area contributed by atoms with Crippen molar-refractivity contribution < 1.29 is 11.0 Å². The molecule has 0 spiro atoms. The van der Waals surface area contributed by atoms with E-state index in [9.17, 15) is 0 Å². The predicted molar refractivity (Wildman–Crippen MR) is 45.4 cm³/mol. The number of unbranched alkanes of at least 4 members (excludes halogenated alkanes) is 1. The lowest BCUT2D eigenvalue weighted by molar-refractivity contribution is 0.823. The van der Waals surface area contributed by atoms with Crippen LogP contribution in [0.4, 0.5) is 0 Å². The van der Waals surface area contributed by atoms with Crippen LogP contribution in [0.1, 0.15) is 19.8 Å². The van der Waals surface area contributed by atoms with E-state index in [0.717, 1.165) is 0 Å². The van der Waals surface area contributed by atoms with E-state index in [4.69, 9.17) is 0 Å². The second-order valence-electron chi connectivity index (χ2n) is 1.35. The minimum absolute atomic E-state index is 0. The lowest BCUT2D eigenvalue weighted by Crippen LogP contribution is -1.63. The standard InChI is InChI=1S/C4H11B.Al.2H2O.3H/c1-2-3-4-5;;;;;;/h2-5H2,1H3;;2*1H2;;;. The second kappa shape index (κ2) is 25.8. The maximum atomic E-state index is 2.21. The summed E-state index contributed by atoms with van der Waals surface area (Å²) >= 11 is 0. The predicted octanol–water partition coefficient (Wildman–Crippen LogP) is -2.00. The van der Waals surface area contributed by atoms with E-state index in [1.807, 2.05) is 0 Å². The molecular formula is C4H18AlBO2. The molecule has 0 saturated heterocycles. The van der Waals surface area contributed by atoms with Crippen LogP contribution in [0.5, 0.6) is 0 Å². The SMILES string of the molecule is BCCCC.O.O.[AlH3]. The van der Waals surface area contributed by atoms with Gasteiger partial charge >= 0.3 is 0 Å². The average molecular weight is 136 g/mol. The fraction of sp³-hybridized carbons (Fsp3) is 1.00.